The van der Waals surface area contributed by atoms with Crippen molar-refractivity contribution in [2.75, 3.05) is 6.61 Å². The van der Waals surface area contributed by atoms with Crippen molar-refractivity contribution in [1.29, 1.82) is 0 Å². The monoisotopic (exact) mass is 265 g/mol. The van der Waals surface area contributed by atoms with Crippen LogP contribution < -0.4 is 5.32 Å². The van der Waals surface area contributed by atoms with Crippen LogP contribution in [0.15, 0.2) is 18.2 Å². The Balaban J connectivity index is 0.00000128. The summed E-state index contributed by atoms with van der Waals surface area (Å²) in [5, 5.41) is 3.04. The van der Waals surface area contributed by atoms with E-state index in [4.69, 9.17) is 16.3 Å². The Kier molecular flexibility index (Phi) is 4.38. The molecule has 1 aliphatic heterocycles. The van der Waals surface area contributed by atoms with E-state index >= 15 is 0 Å². The number of amides is 1. The second-order valence-corrected chi connectivity index (χ2v) is 3.69. The highest BCUT2D eigenvalue weighted by atomic mass is 35.5. The smallest absolute Gasteiger partial charge is 0.407 e. The lowest BCUT2D eigenvalue weighted by atomic mass is 10.0. The van der Waals surface area contributed by atoms with Gasteiger partial charge in [-0.1, -0.05) is 11.6 Å². The van der Waals surface area contributed by atoms with Crippen LogP contribution in [0.1, 0.15) is 18.0 Å². The number of hydrogen-bond donors (Lipinski definition) is 1. The topological polar surface area (TPSA) is 38.3 Å². The molecule has 0 radical (unpaired) electrons. The van der Waals surface area contributed by atoms with Crippen LogP contribution in [-0.2, 0) is 4.74 Å². The maximum atomic E-state index is 13.0. The van der Waals surface area contributed by atoms with Gasteiger partial charge in [-0.05, 0) is 23.8 Å². The number of carbonyl (C=O) groups is 1. The molecule has 1 aromatic rings. The van der Waals surface area contributed by atoms with Crippen molar-refractivity contribution < 1.29 is 13.9 Å². The van der Waals surface area contributed by atoms with Crippen LogP contribution in [0.5, 0.6) is 0 Å². The molecule has 0 aliphatic carbocycles. The first kappa shape index (κ1) is 13.1. The Morgan fingerprint density at radius 2 is 2.25 bits per heavy atom. The largest absolute Gasteiger partial charge is 0.449 e. The highest BCUT2D eigenvalue weighted by Crippen LogP contribution is 2.27. The standard InChI is InChI=1S/C10H9ClFNO2.ClH/c11-8-2-1-6(12)5-7(8)9-3-4-15-10(14)13-9;/h1-2,5,9H,3-4H2,(H,13,14);1H/t9-;/m0./s1. The summed E-state index contributed by atoms with van der Waals surface area (Å²) in [5.41, 5.74) is 0.591. The molecule has 1 heterocycles. The predicted molar refractivity (Wildman–Crippen MR) is 60.5 cm³/mol. The molecule has 6 heteroatoms. The van der Waals surface area contributed by atoms with E-state index in [1.54, 1.807) is 0 Å². The van der Waals surface area contributed by atoms with E-state index < -0.39 is 6.09 Å². The third-order valence-electron chi connectivity index (χ3n) is 2.27. The summed E-state index contributed by atoms with van der Waals surface area (Å²) in [6, 6.07) is 3.83. The maximum absolute atomic E-state index is 13.0. The Bertz CT molecular complexity index is 400. The van der Waals surface area contributed by atoms with Gasteiger partial charge in [-0.15, -0.1) is 12.4 Å². The zero-order valence-electron chi connectivity index (χ0n) is 8.20. The summed E-state index contributed by atoms with van der Waals surface area (Å²) in [7, 11) is 0. The first-order valence-corrected chi connectivity index (χ1v) is 4.93. The fourth-order valence-electron chi connectivity index (χ4n) is 1.54. The summed E-state index contributed by atoms with van der Waals surface area (Å²) in [6.07, 6.45) is 0.0983. The second kappa shape index (κ2) is 5.37. The molecule has 0 saturated carbocycles. The lowest BCUT2D eigenvalue weighted by Gasteiger charge is -2.24. The third-order valence-corrected chi connectivity index (χ3v) is 2.61. The molecule has 0 spiro atoms. The van der Waals surface area contributed by atoms with E-state index in [-0.39, 0.29) is 24.3 Å². The van der Waals surface area contributed by atoms with Gasteiger partial charge < -0.3 is 10.1 Å². The van der Waals surface area contributed by atoms with Crippen molar-refractivity contribution in [3.8, 4) is 0 Å². The van der Waals surface area contributed by atoms with Crippen molar-refractivity contribution in [2.45, 2.75) is 12.5 Å². The predicted octanol–water partition coefficient (Wildman–Crippen LogP) is 3.07. The molecule has 88 valence electrons. The quantitative estimate of drug-likeness (QED) is 0.848. The Morgan fingerprint density at radius 3 is 2.94 bits per heavy atom. The molecule has 1 saturated heterocycles. The van der Waals surface area contributed by atoms with Crippen LogP contribution in [0.2, 0.25) is 5.02 Å². The van der Waals surface area contributed by atoms with Crippen molar-refractivity contribution in [2.24, 2.45) is 0 Å². The number of rotatable bonds is 1. The van der Waals surface area contributed by atoms with Gasteiger partial charge in [0.2, 0.25) is 0 Å². The SMILES string of the molecule is Cl.O=C1N[C@H](c2cc(F)ccc2Cl)CCO1. The van der Waals surface area contributed by atoms with E-state index in [9.17, 15) is 9.18 Å². The van der Waals surface area contributed by atoms with Gasteiger partial charge in [0.1, 0.15) is 5.82 Å². The van der Waals surface area contributed by atoms with E-state index in [0.29, 0.717) is 23.6 Å². The molecule has 0 aromatic heterocycles. The third kappa shape index (κ3) is 2.77. The summed E-state index contributed by atoms with van der Waals surface area (Å²) in [6.45, 7) is 0.323. The number of hydrogen-bond acceptors (Lipinski definition) is 2. The minimum atomic E-state index is -0.494. The Morgan fingerprint density at radius 1 is 1.50 bits per heavy atom. The molecule has 16 heavy (non-hydrogen) atoms. The summed E-state index contributed by atoms with van der Waals surface area (Å²) in [4.78, 5) is 11.0. The molecule has 3 nitrogen and oxygen atoms in total. The van der Waals surface area contributed by atoms with Gasteiger partial charge >= 0.3 is 6.09 Å². The number of carbonyl (C=O) groups excluding carboxylic acids is 1. The second-order valence-electron chi connectivity index (χ2n) is 3.29. The average Bonchev–Trinajstić information content (AvgIpc) is 2.22. The van der Waals surface area contributed by atoms with Crippen molar-refractivity contribution in [3.05, 3.63) is 34.6 Å². The fourth-order valence-corrected chi connectivity index (χ4v) is 1.79. The normalized spacial score (nSPS) is 19.4. The number of halogens is 3. The van der Waals surface area contributed by atoms with E-state index in [2.05, 4.69) is 5.32 Å². The van der Waals surface area contributed by atoms with Gasteiger partial charge in [-0.2, -0.15) is 0 Å². The van der Waals surface area contributed by atoms with Gasteiger partial charge in [-0.3, -0.25) is 0 Å². The molecular weight excluding hydrogens is 256 g/mol. The van der Waals surface area contributed by atoms with Gasteiger partial charge in [0, 0.05) is 11.4 Å². The number of alkyl carbamates (subject to hydrolysis) is 1. The Hall–Kier alpha value is -1.000. The Labute approximate surface area is 103 Å². The lowest BCUT2D eigenvalue weighted by molar-refractivity contribution is 0.115. The molecule has 1 aliphatic rings. The minimum absolute atomic E-state index is 0. The first-order chi connectivity index (χ1) is 7.16. The lowest BCUT2D eigenvalue weighted by Crippen LogP contribution is -2.35. The van der Waals surface area contributed by atoms with Crippen molar-refractivity contribution >= 4 is 30.1 Å². The highest BCUT2D eigenvalue weighted by molar-refractivity contribution is 6.31. The zero-order valence-corrected chi connectivity index (χ0v) is 9.78. The average molecular weight is 266 g/mol. The summed E-state index contributed by atoms with van der Waals surface area (Å²) >= 11 is 5.92. The van der Waals surface area contributed by atoms with Crippen LogP contribution in [-0.4, -0.2) is 12.7 Å². The molecule has 1 fully saturated rings. The first-order valence-electron chi connectivity index (χ1n) is 4.55. The van der Waals surface area contributed by atoms with Crippen LogP contribution in [0.4, 0.5) is 9.18 Å². The van der Waals surface area contributed by atoms with Crippen molar-refractivity contribution in [1.82, 2.24) is 5.32 Å². The van der Waals surface area contributed by atoms with Crippen molar-refractivity contribution in [3.63, 3.8) is 0 Å². The number of cyclic esters (lactones) is 1. The highest BCUT2D eigenvalue weighted by Gasteiger charge is 2.22. The summed E-state index contributed by atoms with van der Waals surface area (Å²) < 4.78 is 17.7. The van der Waals surface area contributed by atoms with E-state index in [0.717, 1.165) is 0 Å². The molecular formula is C10H10Cl2FNO2. The van der Waals surface area contributed by atoms with Gasteiger partial charge in [-0.25, -0.2) is 9.18 Å². The molecule has 1 N–H and O–H groups in total. The van der Waals surface area contributed by atoms with Gasteiger partial charge in [0.25, 0.3) is 0 Å². The van der Waals surface area contributed by atoms with Gasteiger partial charge in [0.05, 0.1) is 12.6 Å². The minimum Gasteiger partial charge on any atom is -0.449 e. The van der Waals surface area contributed by atoms with Crippen LogP contribution >= 0.6 is 24.0 Å². The molecule has 2 rings (SSSR count). The molecule has 1 aromatic carbocycles. The maximum Gasteiger partial charge on any atom is 0.407 e. The fraction of sp³-hybridized carbons (Fsp3) is 0.300. The van der Waals surface area contributed by atoms with Gasteiger partial charge in [0.15, 0.2) is 0 Å². The molecule has 1 atom stereocenters. The number of benzene rings is 1. The number of ether oxygens (including phenoxy) is 1. The van der Waals surface area contributed by atoms with E-state index in [1.807, 2.05) is 0 Å². The van der Waals surface area contributed by atoms with Crippen LogP contribution in [0.25, 0.3) is 0 Å². The summed E-state index contributed by atoms with van der Waals surface area (Å²) in [5.74, 6) is -0.366. The molecule has 0 unspecified atom stereocenters. The number of nitrogens with one attached hydrogen (secondary N) is 1. The molecule has 0 bridgehead atoms. The zero-order chi connectivity index (χ0) is 10.8. The van der Waals surface area contributed by atoms with Crippen LogP contribution in [0.3, 0.4) is 0 Å². The van der Waals surface area contributed by atoms with Crippen LogP contribution in [0, 0.1) is 5.82 Å². The van der Waals surface area contributed by atoms with E-state index in [1.165, 1.54) is 18.2 Å². The molecule has 1 amide bonds.